The Morgan fingerprint density at radius 2 is 1.82 bits per heavy atom. The number of phenolic OH excluding ortho intramolecular Hbond substituents is 1. The van der Waals surface area contributed by atoms with Crippen LogP contribution in [-0.2, 0) is 0 Å². The number of nitrogens with two attached hydrogens (primary N) is 1. The van der Waals surface area contributed by atoms with Crippen molar-refractivity contribution in [1.82, 2.24) is 0 Å². The Labute approximate surface area is 98.3 Å². The number of anilines is 1. The van der Waals surface area contributed by atoms with E-state index in [1.54, 1.807) is 24.3 Å². The summed E-state index contributed by atoms with van der Waals surface area (Å²) in [5.74, 6) is -0.103. The van der Waals surface area contributed by atoms with E-state index in [0.717, 1.165) is 0 Å². The van der Waals surface area contributed by atoms with Gasteiger partial charge in [-0.1, -0.05) is 18.2 Å². The van der Waals surface area contributed by atoms with Gasteiger partial charge in [0.2, 0.25) is 0 Å². The zero-order chi connectivity index (χ0) is 12.3. The lowest BCUT2D eigenvalue weighted by molar-refractivity contribution is 0.0735. The van der Waals surface area contributed by atoms with Crippen molar-refractivity contribution in [2.45, 2.75) is 0 Å². The highest BCUT2D eigenvalue weighted by atomic mass is 16.5. The highest BCUT2D eigenvalue weighted by molar-refractivity contribution is 5.92. The van der Waals surface area contributed by atoms with Crippen LogP contribution >= 0.6 is 0 Å². The number of hydrogen-bond donors (Lipinski definition) is 2. The Balaban J connectivity index is 2.18. The fourth-order valence-corrected chi connectivity index (χ4v) is 1.34. The molecule has 0 aliphatic rings. The standard InChI is InChI=1S/C13H11NO3/c14-11-8-9(6-7-12(11)15)13(16)17-10-4-2-1-3-5-10/h1-8,15H,14H2. The molecule has 4 heteroatoms. The molecule has 4 nitrogen and oxygen atoms in total. The van der Waals surface area contributed by atoms with Gasteiger partial charge in [-0.25, -0.2) is 4.79 Å². The van der Waals surface area contributed by atoms with Crippen molar-refractivity contribution < 1.29 is 14.6 Å². The topological polar surface area (TPSA) is 72.6 Å². The lowest BCUT2D eigenvalue weighted by Crippen LogP contribution is -2.08. The van der Waals surface area contributed by atoms with Crippen molar-refractivity contribution in [3.63, 3.8) is 0 Å². The quantitative estimate of drug-likeness (QED) is 0.358. The molecule has 0 aromatic heterocycles. The molecule has 0 aliphatic heterocycles. The monoisotopic (exact) mass is 229 g/mol. The molecule has 0 radical (unpaired) electrons. The van der Waals surface area contributed by atoms with Gasteiger partial charge in [0.15, 0.2) is 0 Å². The SMILES string of the molecule is Nc1cc(C(=O)Oc2ccccc2)ccc1O. The molecule has 0 unspecified atom stereocenters. The molecule has 0 aliphatic carbocycles. The number of phenols is 1. The molecule has 0 spiro atoms. The van der Waals surface area contributed by atoms with Gasteiger partial charge in [0.1, 0.15) is 11.5 Å². The molecule has 2 rings (SSSR count). The van der Waals surface area contributed by atoms with Crippen molar-refractivity contribution in [2.75, 3.05) is 5.73 Å². The van der Waals surface area contributed by atoms with Crippen LogP contribution in [0.4, 0.5) is 5.69 Å². The molecule has 0 saturated heterocycles. The lowest BCUT2D eigenvalue weighted by Gasteiger charge is -2.05. The Morgan fingerprint density at radius 3 is 2.47 bits per heavy atom. The van der Waals surface area contributed by atoms with Crippen LogP contribution in [-0.4, -0.2) is 11.1 Å². The average Bonchev–Trinajstić information content (AvgIpc) is 2.34. The average molecular weight is 229 g/mol. The fourth-order valence-electron chi connectivity index (χ4n) is 1.34. The van der Waals surface area contributed by atoms with Crippen LogP contribution in [0, 0.1) is 0 Å². The molecular weight excluding hydrogens is 218 g/mol. The van der Waals surface area contributed by atoms with Crippen molar-refractivity contribution in [1.29, 1.82) is 0 Å². The van der Waals surface area contributed by atoms with Crippen molar-refractivity contribution in [3.8, 4) is 11.5 Å². The van der Waals surface area contributed by atoms with E-state index in [1.165, 1.54) is 18.2 Å². The minimum atomic E-state index is -0.511. The molecule has 0 saturated carbocycles. The van der Waals surface area contributed by atoms with E-state index < -0.39 is 5.97 Å². The number of carbonyl (C=O) groups excluding carboxylic acids is 1. The number of benzene rings is 2. The van der Waals surface area contributed by atoms with Gasteiger partial charge < -0.3 is 15.6 Å². The summed E-state index contributed by atoms with van der Waals surface area (Å²) in [6.45, 7) is 0. The largest absolute Gasteiger partial charge is 0.506 e. The zero-order valence-corrected chi connectivity index (χ0v) is 8.96. The first-order chi connectivity index (χ1) is 8.16. The molecule has 2 aromatic carbocycles. The number of hydrogen-bond acceptors (Lipinski definition) is 4. The maximum atomic E-state index is 11.7. The molecule has 3 N–H and O–H groups in total. The molecule has 17 heavy (non-hydrogen) atoms. The summed E-state index contributed by atoms with van der Waals surface area (Å²) in [7, 11) is 0. The van der Waals surface area contributed by atoms with E-state index in [4.69, 9.17) is 10.5 Å². The zero-order valence-electron chi connectivity index (χ0n) is 8.96. The van der Waals surface area contributed by atoms with Crippen LogP contribution in [0.3, 0.4) is 0 Å². The number of para-hydroxylation sites is 1. The van der Waals surface area contributed by atoms with Gasteiger partial charge in [0, 0.05) is 0 Å². The van der Waals surface area contributed by atoms with Gasteiger partial charge >= 0.3 is 5.97 Å². The first kappa shape index (κ1) is 11.0. The second kappa shape index (κ2) is 4.57. The Bertz CT molecular complexity index is 538. The summed E-state index contributed by atoms with van der Waals surface area (Å²) in [5, 5.41) is 9.24. The summed E-state index contributed by atoms with van der Waals surface area (Å²) in [4.78, 5) is 11.7. The summed E-state index contributed by atoms with van der Waals surface area (Å²) in [6, 6.07) is 12.9. The lowest BCUT2D eigenvalue weighted by atomic mass is 10.2. The summed E-state index contributed by atoms with van der Waals surface area (Å²) in [5.41, 5.74) is 5.94. The van der Waals surface area contributed by atoms with Crippen LogP contribution in [0.15, 0.2) is 48.5 Å². The number of ether oxygens (including phenoxy) is 1. The van der Waals surface area contributed by atoms with E-state index >= 15 is 0 Å². The van der Waals surface area contributed by atoms with E-state index in [9.17, 15) is 9.90 Å². The highest BCUT2D eigenvalue weighted by Crippen LogP contribution is 2.21. The second-order valence-electron chi connectivity index (χ2n) is 3.48. The molecule has 0 atom stereocenters. The maximum absolute atomic E-state index is 11.7. The Morgan fingerprint density at radius 1 is 1.12 bits per heavy atom. The minimum Gasteiger partial charge on any atom is -0.506 e. The van der Waals surface area contributed by atoms with Gasteiger partial charge in [-0.05, 0) is 30.3 Å². The Kier molecular flexibility index (Phi) is 2.96. The van der Waals surface area contributed by atoms with Crippen LogP contribution in [0.25, 0.3) is 0 Å². The third kappa shape index (κ3) is 2.55. The summed E-state index contributed by atoms with van der Waals surface area (Å²) >= 11 is 0. The molecule has 0 amide bonds. The van der Waals surface area contributed by atoms with E-state index in [1.807, 2.05) is 6.07 Å². The van der Waals surface area contributed by atoms with Crippen molar-refractivity contribution in [3.05, 3.63) is 54.1 Å². The first-order valence-electron chi connectivity index (χ1n) is 5.02. The van der Waals surface area contributed by atoms with Crippen molar-refractivity contribution in [2.24, 2.45) is 0 Å². The van der Waals surface area contributed by atoms with E-state index in [-0.39, 0.29) is 11.4 Å². The van der Waals surface area contributed by atoms with Crippen LogP contribution < -0.4 is 10.5 Å². The first-order valence-corrected chi connectivity index (χ1v) is 5.02. The highest BCUT2D eigenvalue weighted by Gasteiger charge is 2.10. The smallest absolute Gasteiger partial charge is 0.343 e. The molecular formula is C13H11NO3. The molecule has 0 heterocycles. The van der Waals surface area contributed by atoms with Crippen LogP contribution in [0.2, 0.25) is 0 Å². The van der Waals surface area contributed by atoms with Gasteiger partial charge in [-0.15, -0.1) is 0 Å². The van der Waals surface area contributed by atoms with Crippen LogP contribution in [0.5, 0.6) is 11.5 Å². The summed E-state index contributed by atoms with van der Waals surface area (Å²) in [6.07, 6.45) is 0. The summed E-state index contributed by atoms with van der Waals surface area (Å²) < 4.78 is 5.12. The molecule has 0 bridgehead atoms. The number of nitrogen functional groups attached to an aromatic ring is 1. The maximum Gasteiger partial charge on any atom is 0.343 e. The second-order valence-corrected chi connectivity index (χ2v) is 3.48. The van der Waals surface area contributed by atoms with E-state index in [0.29, 0.717) is 11.3 Å². The van der Waals surface area contributed by atoms with Gasteiger partial charge in [-0.2, -0.15) is 0 Å². The number of rotatable bonds is 2. The third-order valence-electron chi connectivity index (χ3n) is 2.22. The number of carbonyl (C=O) groups is 1. The molecule has 2 aromatic rings. The normalized spacial score (nSPS) is 9.88. The van der Waals surface area contributed by atoms with E-state index in [2.05, 4.69) is 0 Å². The Hall–Kier alpha value is -2.49. The van der Waals surface area contributed by atoms with Gasteiger partial charge in [0.05, 0.1) is 11.3 Å². The van der Waals surface area contributed by atoms with Gasteiger partial charge in [0.25, 0.3) is 0 Å². The third-order valence-corrected chi connectivity index (χ3v) is 2.22. The molecule has 0 fully saturated rings. The number of esters is 1. The number of aromatic hydroxyl groups is 1. The predicted octanol–water partition coefficient (Wildman–Crippen LogP) is 2.19. The predicted molar refractivity (Wildman–Crippen MR) is 63.9 cm³/mol. The van der Waals surface area contributed by atoms with Gasteiger partial charge in [-0.3, -0.25) is 0 Å². The molecule has 86 valence electrons. The van der Waals surface area contributed by atoms with Crippen LogP contribution in [0.1, 0.15) is 10.4 Å². The fraction of sp³-hybridized carbons (Fsp3) is 0. The minimum absolute atomic E-state index is 0.0544. The van der Waals surface area contributed by atoms with Crippen molar-refractivity contribution >= 4 is 11.7 Å².